The van der Waals surface area contributed by atoms with Gasteiger partial charge in [0.2, 0.25) is 5.88 Å². The summed E-state index contributed by atoms with van der Waals surface area (Å²) in [7, 11) is 0. The number of benzene rings is 1. The molecule has 1 heterocycles. The molecule has 0 radical (unpaired) electrons. The van der Waals surface area contributed by atoms with Gasteiger partial charge in [0.25, 0.3) is 0 Å². The summed E-state index contributed by atoms with van der Waals surface area (Å²) in [6.45, 7) is 2.57. The Bertz CT molecular complexity index is 542. The number of H-pyrrole nitrogens is 1. The number of nitrogens with one attached hydrogen (secondary N) is 1. The molecule has 1 aromatic carbocycles. The predicted octanol–water partition coefficient (Wildman–Crippen LogP) is 2.13. The second-order valence-corrected chi connectivity index (χ2v) is 4.61. The van der Waals surface area contributed by atoms with Gasteiger partial charge >= 0.3 is 4.87 Å². The monoisotopic (exact) mass is 251 g/mol. The summed E-state index contributed by atoms with van der Waals surface area (Å²) < 4.78 is 5.34. The normalized spacial score (nSPS) is 10.4. The molecule has 0 bridgehead atoms. The van der Waals surface area contributed by atoms with E-state index in [-0.39, 0.29) is 10.8 Å². The lowest BCUT2D eigenvalue weighted by molar-refractivity contribution is 0.340. The van der Waals surface area contributed by atoms with Gasteiger partial charge < -0.3 is 9.84 Å². The molecule has 0 saturated heterocycles. The summed E-state index contributed by atoms with van der Waals surface area (Å²) in [6.07, 6.45) is 0.543. The predicted molar refractivity (Wildman–Crippen MR) is 67.0 cm³/mol. The van der Waals surface area contributed by atoms with Crippen molar-refractivity contribution < 1.29 is 9.84 Å². The molecule has 0 unspecified atom stereocenters. The summed E-state index contributed by atoms with van der Waals surface area (Å²) in [4.78, 5) is 13.8. The highest BCUT2D eigenvalue weighted by Crippen LogP contribution is 2.21. The third-order valence-electron chi connectivity index (χ3n) is 2.30. The first-order valence-electron chi connectivity index (χ1n) is 5.31. The Kier molecular flexibility index (Phi) is 3.49. The lowest BCUT2D eigenvalue weighted by atomic mass is 10.1. The maximum absolute atomic E-state index is 11.0. The highest BCUT2D eigenvalue weighted by molar-refractivity contribution is 7.09. The topological polar surface area (TPSA) is 62.3 Å². The molecular formula is C12H13NO3S. The van der Waals surface area contributed by atoms with Crippen LogP contribution in [0.25, 0.3) is 0 Å². The zero-order valence-corrected chi connectivity index (χ0v) is 10.2. The van der Waals surface area contributed by atoms with Gasteiger partial charge in [-0.2, -0.15) is 0 Å². The summed E-state index contributed by atoms with van der Waals surface area (Å²) in [5.74, 6) is 0.789. The van der Waals surface area contributed by atoms with Crippen LogP contribution in [0.3, 0.4) is 0 Å². The maximum atomic E-state index is 11.0. The number of aromatic amines is 1. The number of hydrogen-bond acceptors (Lipinski definition) is 4. The molecule has 0 amide bonds. The van der Waals surface area contributed by atoms with Gasteiger partial charge in [0, 0.05) is 6.42 Å². The summed E-state index contributed by atoms with van der Waals surface area (Å²) in [5.41, 5.74) is 1.03. The van der Waals surface area contributed by atoms with E-state index < -0.39 is 0 Å². The molecule has 0 aliphatic heterocycles. The molecule has 0 saturated carbocycles. The Labute approximate surface area is 103 Å². The SMILES string of the molecule is CCOc1ccc(Cc2sc(=O)[nH]c2O)cc1. The number of aromatic nitrogens is 1. The van der Waals surface area contributed by atoms with Gasteiger partial charge in [0.05, 0.1) is 11.5 Å². The van der Waals surface area contributed by atoms with E-state index in [9.17, 15) is 9.90 Å². The number of rotatable bonds is 4. The average molecular weight is 251 g/mol. The molecule has 5 heteroatoms. The molecular weight excluding hydrogens is 238 g/mol. The van der Waals surface area contributed by atoms with Crippen LogP contribution in [-0.2, 0) is 6.42 Å². The molecule has 0 aliphatic carbocycles. The zero-order valence-electron chi connectivity index (χ0n) is 9.40. The van der Waals surface area contributed by atoms with Crippen LogP contribution in [0, 0.1) is 0 Å². The molecule has 0 aliphatic rings. The van der Waals surface area contributed by atoms with Gasteiger partial charge in [-0.3, -0.25) is 9.78 Å². The standard InChI is InChI=1S/C12H13NO3S/c1-2-16-9-5-3-8(4-6-9)7-10-11(14)13-12(15)17-10/h3-6,14H,2,7H2,1H3,(H,13,15). The second-order valence-electron chi connectivity index (χ2n) is 3.54. The minimum atomic E-state index is -0.233. The van der Waals surface area contributed by atoms with E-state index in [1.54, 1.807) is 0 Å². The Morgan fingerprint density at radius 3 is 2.59 bits per heavy atom. The lowest BCUT2D eigenvalue weighted by Crippen LogP contribution is -1.92. The van der Waals surface area contributed by atoms with Crippen molar-refractivity contribution in [1.82, 2.24) is 4.98 Å². The summed E-state index contributed by atoms with van der Waals surface area (Å²) in [5, 5.41) is 9.46. The van der Waals surface area contributed by atoms with Crippen LogP contribution in [-0.4, -0.2) is 16.7 Å². The van der Waals surface area contributed by atoms with E-state index in [2.05, 4.69) is 4.98 Å². The van der Waals surface area contributed by atoms with Crippen molar-refractivity contribution in [1.29, 1.82) is 0 Å². The highest BCUT2D eigenvalue weighted by atomic mass is 32.1. The smallest absolute Gasteiger partial charge is 0.307 e. The van der Waals surface area contributed by atoms with E-state index in [4.69, 9.17) is 4.74 Å². The molecule has 0 atom stereocenters. The van der Waals surface area contributed by atoms with E-state index in [1.165, 1.54) is 0 Å². The molecule has 4 nitrogen and oxygen atoms in total. The van der Waals surface area contributed by atoms with E-state index in [1.807, 2.05) is 31.2 Å². The van der Waals surface area contributed by atoms with Crippen LogP contribution in [0.1, 0.15) is 17.4 Å². The minimum Gasteiger partial charge on any atom is -0.494 e. The van der Waals surface area contributed by atoms with Crippen molar-refractivity contribution >= 4 is 11.3 Å². The summed E-state index contributed by atoms with van der Waals surface area (Å²) >= 11 is 1.03. The number of aromatic hydroxyl groups is 1. The molecule has 0 spiro atoms. The third-order valence-corrected chi connectivity index (χ3v) is 3.17. The van der Waals surface area contributed by atoms with E-state index in [0.717, 1.165) is 22.6 Å². The molecule has 2 aromatic rings. The van der Waals surface area contributed by atoms with Crippen molar-refractivity contribution in [3.05, 3.63) is 44.4 Å². The summed E-state index contributed by atoms with van der Waals surface area (Å²) in [6, 6.07) is 7.61. The molecule has 2 rings (SSSR count). The van der Waals surface area contributed by atoms with Crippen molar-refractivity contribution in [2.24, 2.45) is 0 Å². The van der Waals surface area contributed by atoms with Crippen LogP contribution in [0.5, 0.6) is 11.6 Å². The van der Waals surface area contributed by atoms with Crippen molar-refractivity contribution in [2.75, 3.05) is 6.61 Å². The van der Waals surface area contributed by atoms with Crippen LogP contribution in [0.4, 0.5) is 0 Å². The molecule has 2 N–H and O–H groups in total. The molecule has 90 valence electrons. The largest absolute Gasteiger partial charge is 0.494 e. The van der Waals surface area contributed by atoms with Gasteiger partial charge in [-0.25, -0.2) is 0 Å². The zero-order chi connectivity index (χ0) is 12.3. The Balaban J connectivity index is 2.13. The quantitative estimate of drug-likeness (QED) is 0.875. The molecule has 1 aromatic heterocycles. The Morgan fingerprint density at radius 2 is 2.06 bits per heavy atom. The van der Waals surface area contributed by atoms with Crippen molar-refractivity contribution in [3.63, 3.8) is 0 Å². The van der Waals surface area contributed by atoms with Crippen LogP contribution >= 0.6 is 11.3 Å². The Morgan fingerprint density at radius 1 is 1.35 bits per heavy atom. The van der Waals surface area contributed by atoms with Crippen molar-refractivity contribution in [3.8, 4) is 11.6 Å². The first-order chi connectivity index (χ1) is 8.19. The van der Waals surface area contributed by atoms with E-state index >= 15 is 0 Å². The fourth-order valence-electron chi connectivity index (χ4n) is 1.53. The first-order valence-corrected chi connectivity index (χ1v) is 6.13. The third kappa shape index (κ3) is 2.88. The number of hydrogen-bond donors (Lipinski definition) is 2. The van der Waals surface area contributed by atoms with E-state index in [0.29, 0.717) is 17.9 Å². The fourth-order valence-corrected chi connectivity index (χ4v) is 2.29. The van der Waals surface area contributed by atoms with Crippen LogP contribution < -0.4 is 9.61 Å². The highest BCUT2D eigenvalue weighted by Gasteiger charge is 2.07. The van der Waals surface area contributed by atoms with Gasteiger partial charge in [-0.05, 0) is 24.6 Å². The van der Waals surface area contributed by atoms with Crippen LogP contribution in [0.2, 0.25) is 0 Å². The lowest BCUT2D eigenvalue weighted by Gasteiger charge is -2.04. The van der Waals surface area contributed by atoms with Crippen molar-refractivity contribution in [2.45, 2.75) is 13.3 Å². The number of thiazole rings is 1. The molecule has 0 fully saturated rings. The maximum Gasteiger partial charge on any atom is 0.307 e. The molecule has 17 heavy (non-hydrogen) atoms. The Hall–Kier alpha value is -1.75. The minimum absolute atomic E-state index is 0.0334. The van der Waals surface area contributed by atoms with Gasteiger partial charge in [-0.1, -0.05) is 23.5 Å². The van der Waals surface area contributed by atoms with Gasteiger partial charge in [0.15, 0.2) is 0 Å². The second kappa shape index (κ2) is 5.05. The first kappa shape index (κ1) is 11.7. The fraction of sp³-hybridized carbons (Fsp3) is 0.250. The van der Waals surface area contributed by atoms with Gasteiger partial charge in [-0.15, -0.1) is 0 Å². The number of ether oxygens (including phenoxy) is 1. The van der Waals surface area contributed by atoms with Crippen LogP contribution in [0.15, 0.2) is 29.1 Å². The average Bonchev–Trinajstić information content (AvgIpc) is 2.61. The van der Waals surface area contributed by atoms with Gasteiger partial charge in [0.1, 0.15) is 5.75 Å².